The summed E-state index contributed by atoms with van der Waals surface area (Å²) in [6.45, 7) is 6.61. The Labute approximate surface area is 121 Å². The predicted molar refractivity (Wildman–Crippen MR) is 83.0 cm³/mol. The fourth-order valence-electron chi connectivity index (χ4n) is 2.00. The Hall–Kier alpha value is -0.400. The van der Waals surface area contributed by atoms with E-state index in [1.54, 1.807) is 0 Å². The Morgan fingerprint density at radius 1 is 1.06 bits per heavy atom. The van der Waals surface area contributed by atoms with E-state index in [0.29, 0.717) is 5.88 Å². The predicted octanol–water partition coefficient (Wildman–Crippen LogP) is 5.49. The van der Waals surface area contributed by atoms with E-state index in [2.05, 4.69) is 18.7 Å². The van der Waals surface area contributed by atoms with Crippen molar-refractivity contribution in [1.82, 2.24) is 0 Å². The lowest BCUT2D eigenvalue weighted by molar-refractivity contribution is 0.676. The van der Waals surface area contributed by atoms with Crippen molar-refractivity contribution in [2.75, 3.05) is 18.0 Å². The van der Waals surface area contributed by atoms with E-state index in [9.17, 15) is 0 Å². The standard InChI is InChI=1S/C15H23Cl2N/c1-3-5-9-18(10-6-4-2)15-11-14(17)8-7-13(15)12-16/h7-8,11H,3-6,9-10,12H2,1-2H3. The van der Waals surface area contributed by atoms with E-state index < -0.39 is 0 Å². The zero-order valence-corrected chi connectivity index (χ0v) is 12.9. The van der Waals surface area contributed by atoms with E-state index in [1.807, 2.05) is 18.2 Å². The van der Waals surface area contributed by atoms with Crippen LogP contribution >= 0.6 is 23.2 Å². The monoisotopic (exact) mass is 287 g/mol. The van der Waals surface area contributed by atoms with Gasteiger partial charge in [0.1, 0.15) is 0 Å². The average molecular weight is 288 g/mol. The Kier molecular flexibility index (Phi) is 7.53. The summed E-state index contributed by atoms with van der Waals surface area (Å²) in [5, 5.41) is 0.789. The molecule has 0 radical (unpaired) electrons. The van der Waals surface area contributed by atoms with Crippen molar-refractivity contribution in [3.8, 4) is 0 Å². The second-order valence-corrected chi connectivity index (χ2v) is 5.30. The van der Waals surface area contributed by atoms with Crippen LogP contribution in [0.4, 0.5) is 5.69 Å². The lowest BCUT2D eigenvalue weighted by atomic mass is 10.1. The molecular formula is C15H23Cl2N. The molecule has 102 valence electrons. The third kappa shape index (κ3) is 4.70. The first-order valence-electron chi connectivity index (χ1n) is 6.82. The number of hydrogen-bond donors (Lipinski definition) is 0. The van der Waals surface area contributed by atoms with Crippen LogP contribution in [0.25, 0.3) is 0 Å². The van der Waals surface area contributed by atoms with Crippen molar-refractivity contribution >= 4 is 28.9 Å². The molecule has 0 unspecified atom stereocenters. The number of nitrogens with zero attached hydrogens (tertiary/aromatic N) is 1. The van der Waals surface area contributed by atoms with Gasteiger partial charge in [-0.1, -0.05) is 44.4 Å². The summed E-state index contributed by atoms with van der Waals surface area (Å²) in [6.07, 6.45) is 4.83. The summed E-state index contributed by atoms with van der Waals surface area (Å²) in [4.78, 5) is 2.43. The molecule has 1 aromatic rings. The molecule has 0 bridgehead atoms. The van der Waals surface area contributed by atoms with Crippen molar-refractivity contribution < 1.29 is 0 Å². The minimum absolute atomic E-state index is 0.543. The molecular weight excluding hydrogens is 265 g/mol. The molecule has 0 amide bonds. The second-order valence-electron chi connectivity index (χ2n) is 4.60. The molecule has 0 aliphatic carbocycles. The third-order valence-corrected chi connectivity index (χ3v) is 3.62. The van der Waals surface area contributed by atoms with Crippen LogP contribution in [-0.2, 0) is 5.88 Å². The Balaban J connectivity index is 2.90. The molecule has 1 nitrogen and oxygen atoms in total. The van der Waals surface area contributed by atoms with Gasteiger partial charge >= 0.3 is 0 Å². The highest BCUT2D eigenvalue weighted by Crippen LogP contribution is 2.27. The molecule has 1 rings (SSSR count). The van der Waals surface area contributed by atoms with Crippen LogP contribution in [0, 0.1) is 0 Å². The van der Waals surface area contributed by atoms with Crippen molar-refractivity contribution in [3.63, 3.8) is 0 Å². The van der Waals surface area contributed by atoms with Crippen molar-refractivity contribution in [2.24, 2.45) is 0 Å². The summed E-state index contributed by atoms with van der Waals surface area (Å²) >= 11 is 12.1. The molecule has 0 atom stereocenters. The molecule has 0 aliphatic heterocycles. The van der Waals surface area contributed by atoms with Gasteiger partial charge in [-0.05, 0) is 30.5 Å². The molecule has 0 spiro atoms. The number of hydrogen-bond acceptors (Lipinski definition) is 1. The molecule has 0 saturated carbocycles. The highest BCUT2D eigenvalue weighted by Gasteiger charge is 2.10. The Morgan fingerprint density at radius 2 is 1.67 bits per heavy atom. The van der Waals surface area contributed by atoms with Gasteiger partial charge in [0, 0.05) is 29.7 Å². The number of rotatable bonds is 8. The first-order chi connectivity index (χ1) is 8.72. The SMILES string of the molecule is CCCCN(CCCC)c1cc(Cl)ccc1CCl. The van der Waals surface area contributed by atoms with Gasteiger partial charge in [0.2, 0.25) is 0 Å². The topological polar surface area (TPSA) is 3.24 Å². The van der Waals surface area contributed by atoms with Crippen LogP contribution < -0.4 is 4.90 Å². The summed E-state index contributed by atoms with van der Waals surface area (Å²) in [6, 6.07) is 6.00. The number of unbranched alkanes of at least 4 members (excludes halogenated alkanes) is 2. The van der Waals surface area contributed by atoms with Crippen LogP contribution in [0.15, 0.2) is 18.2 Å². The summed E-state index contributed by atoms with van der Waals surface area (Å²) in [5.74, 6) is 0.543. The summed E-state index contributed by atoms with van der Waals surface area (Å²) in [7, 11) is 0. The van der Waals surface area contributed by atoms with Gasteiger partial charge in [0.15, 0.2) is 0 Å². The molecule has 1 aromatic carbocycles. The van der Waals surface area contributed by atoms with E-state index >= 15 is 0 Å². The van der Waals surface area contributed by atoms with Crippen molar-refractivity contribution in [1.29, 1.82) is 0 Å². The zero-order chi connectivity index (χ0) is 13.4. The van der Waals surface area contributed by atoms with Gasteiger partial charge in [-0.15, -0.1) is 11.6 Å². The van der Waals surface area contributed by atoms with E-state index in [0.717, 1.165) is 18.1 Å². The first-order valence-corrected chi connectivity index (χ1v) is 7.73. The van der Waals surface area contributed by atoms with Gasteiger partial charge < -0.3 is 4.90 Å². The Bertz CT molecular complexity index is 344. The summed E-state index contributed by atoms with van der Waals surface area (Å²) < 4.78 is 0. The summed E-state index contributed by atoms with van der Waals surface area (Å²) in [5.41, 5.74) is 2.38. The fraction of sp³-hybridized carbons (Fsp3) is 0.600. The number of benzene rings is 1. The van der Waals surface area contributed by atoms with Gasteiger partial charge in [-0.3, -0.25) is 0 Å². The van der Waals surface area contributed by atoms with Gasteiger partial charge in [-0.25, -0.2) is 0 Å². The average Bonchev–Trinajstić information content (AvgIpc) is 2.39. The van der Waals surface area contributed by atoms with Gasteiger partial charge in [0.05, 0.1) is 0 Å². The lowest BCUT2D eigenvalue weighted by Crippen LogP contribution is -2.26. The zero-order valence-electron chi connectivity index (χ0n) is 11.4. The highest BCUT2D eigenvalue weighted by atomic mass is 35.5. The largest absolute Gasteiger partial charge is 0.371 e. The van der Waals surface area contributed by atoms with Crippen LogP contribution in [-0.4, -0.2) is 13.1 Å². The highest BCUT2D eigenvalue weighted by molar-refractivity contribution is 6.31. The molecule has 0 heterocycles. The molecule has 18 heavy (non-hydrogen) atoms. The fourth-order valence-corrected chi connectivity index (χ4v) is 2.39. The smallest absolute Gasteiger partial charge is 0.0494 e. The molecule has 0 aromatic heterocycles. The quantitative estimate of drug-likeness (QED) is 0.572. The molecule has 0 fully saturated rings. The molecule has 0 aliphatic rings. The number of alkyl halides is 1. The van der Waals surface area contributed by atoms with Crippen LogP contribution in [0.3, 0.4) is 0 Å². The maximum absolute atomic E-state index is 6.12. The number of halogens is 2. The van der Waals surface area contributed by atoms with Crippen molar-refractivity contribution in [2.45, 2.75) is 45.4 Å². The number of anilines is 1. The first kappa shape index (κ1) is 15.7. The van der Waals surface area contributed by atoms with Crippen LogP contribution in [0.2, 0.25) is 5.02 Å². The lowest BCUT2D eigenvalue weighted by Gasteiger charge is -2.27. The minimum atomic E-state index is 0.543. The van der Waals surface area contributed by atoms with Crippen molar-refractivity contribution in [3.05, 3.63) is 28.8 Å². The third-order valence-electron chi connectivity index (χ3n) is 3.10. The minimum Gasteiger partial charge on any atom is -0.371 e. The Morgan fingerprint density at radius 3 is 2.17 bits per heavy atom. The molecule has 0 N–H and O–H groups in total. The van der Waals surface area contributed by atoms with E-state index in [1.165, 1.54) is 36.9 Å². The second kappa shape index (κ2) is 8.66. The van der Waals surface area contributed by atoms with Gasteiger partial charge in [-0.2, -0.15) is 0 Å². The molecule has 0 saturated heterocycles. The van der Waals surface area contributed by atoms with Crippen LogP contribution in [0.5, 0.6) is 0 Å². The normalized spacial score (nSPS) is 10.7. The van der Waals surface area contributed by atoms with E-state index in [-0.39, 0.29) is 0 Å². The maximum atomic E-state index is 6.12. The van der Waals surface area contributed by atoms with E-state index in [4.69, 9.17) is 23.2 Å². The van der Waals surface area contributed by atoms with Crippen LogP contribution in [0.1, 0.15) is 45.1 Å². The maximum Gasteiger partial charge on any atom is 0.0494 e. The molecule has 3 heteroatoms. The van der Waals surface area contributed by atoms with Gasteiger partial charge in [0.25, 0.3) is 0 Å².